The summed E-state index contributed by atoms with van der Waals surface area (Å²) >= 11 is 0. The lowest BCUT2D eigenvalue weighted by Crippen LogP contribution is -2.41. The van der Waals surface area contributed by atoms with Gasteiger partial charge in [-0.15, -0.1) is 0 Å². The molecule has 0 spiro atoms. The molecule has 1 atom stereocenters. The minimum absolute atomic E-state index is 0.382. The minimum Gasteiger partial charge on any atom is -0.381 e. The number of nitriles is 1. The minimum atomic E-state index is -0.382. The fourth-order valence-electron chi connectivity index (χ4n) is 2.54. The summed E-state index contributed by atoms with van der Waals surface area (Å²) < 4.78 is 5.72. The van der Waals surface area contributed by atoms with E-state index in [2.05, 4.69) is 18.3 Å². The summed E-state index contributed by atoms with van der Waals surface area (Å²) in [4.78, 5) is 0. The van der Waals surface area contributed by atoms with Crippen LogP contribution < -0.4 is 5.32 Å². The van der Waals surface area contributed by atoms with Crippen LogP contribution in [0.1, 0.15) is 58.8 Å². The Morgan fingerprint density at radius 2 is 2.11 bits per heavy atom. The Labute approximate surface area is 112 Å². The zero-order chi connectivity index (χ0) is 13.3. The third-order valence-electron chi connectivity index (χ3n) is 3.81. The van der Waals surface area contributed by atoms with Crippen LogP contribution in [-0.2, 0) is 4.74 Å². The highest BCUT2D eigenvalue weighted by molar-refractivity contribution is 5.03. The average Bonchev–Trinajstić information content (AvgIpc) is 2.89. The van der Waals surface area contributed by atoms with Crippen molar-refractivity contribution < 1.29 is 4.74 Å². The van der Waals surface area contributed by atoms with E-state index >= 15 is 0 Å². The number of hydrogen-bond donors (Lipinski definition) is 1. The van der Waals surface area contributed by atoms with Crippen LogP contribution in [0.25, 0.3) is 0 Å². The molecule has 1 saturated carbocycles. The highest BCUT2D eigenvalue weighted by Gasteiger charge is 2.22. The first kappa shape index (κ1) is 15.5. The van der Waals surface area contributed by atoms with Gasteiger partial charge in [0.15, 0.2) is 0 Å². The van der Waals surface area contributed by atoms with Crippen molar-refractivity contribution in [3.8, 4) is 6.07 Å². The molecule has 3 nitrogen and oxygen atoms in total. The van der Waals surface area contributed by atoms with Crippen molar-refractivity contribution in [2.24, 2.45) is 5.92 Å². The average molecular weight is 252 g/mol. The predicted molar refractivity (Wildman–Crippen MR) is 74.3 cm³/mol. The third-order valence-corrected chi connectivity index (χ3v) is 3.81. The molecule has 0 aromatic carbocycles. The second kappa shape index (κ2) is 8.50. The van der Waals surface area contributed by atoms with Crippen LogP contribution in [0.5, 0.6) is 0 Å². The summed E-state index contributed by atoms with van der Waals surface area (Å²) in [6, 6.07) is 2.38. The maximum Gasteiger partial charge on any atom is 0.104 e. The summed E-state index contributed by atoms with van der Waals surface area (Å²) in [5, 5.41) is 12.5. The molecule has 1 aliphatic rings. The molecule has 0 aromatic heterocycles. The first-order valence-corrected chi connectivity index (χ1v) is 7.44. The summed E-state index contributed by atoms with van der Waals surface area (Å²) in [5.74, 6) is 0.797. The van der Waals surface area contributed by atoms with Crippen molar-refractivity contribution in [1.82, 2.24) is 5.32 Å². The van der Waals surface area contributed by atoms with Gasteiger partial charge in [-0.25, -0.2) is 0 Å². The van der Waals surface area contributed by atoms with Gasteiger partial charge in [0, 0.05) is 13.2 Å². The maximum atomic E-state index is 9.19. The second-order valence-electron chi connectivity index (χ2n) is 5.70. The highest BCUT2D eigenvalue weighted by atomic mass is 16.5. The van der Waals surface area contributed by atoms with E-state index in [0.717, 1.165) is 44.9 Å². The Morgan fingerprint density at radius 1 is 1.39 bits per heavy atom. The predicted octanol–water partition coefficient (Wildman–Crippen LogP) is 3.26. The molecule has 0 aromatic rings. The lowest BCUT2D eigenvalue weighted by Gasteiger charge is -2.23. The van der Waals surface area contributed by atoms with Crippen molar-refractivity contribution in [2.75, 3.05) is 19.8 Å². The monoisotopic (exact) mass is 252 g/mol. The number of rotatable bonds is 9. The van der Waals surface area contributed by atoms with E-state index in [-0.39, 0.29) is 5.54 Å². The van der Waals surface area contributed by atoms with Crippen LogP contribution >= 0.6 is 0 Å². The summed E-state index contributed by atoms with van der Waals surface area (Å²) in [7, 11) is 0. The van der Waals surface area contributed by atoms with Gasteiger partial charge in [0.05, 0.1) is 6.07 Å². The number of hydrogen-bond acceptors (Lipinski definition) is 3. The number of ether oxygens (including phenoxy) is 1. The van der Waals surface area contributed by atoms with Gasteiger partial charge in [-0.2, -0.15) is 5.26 Å². The van der Waals surface area contributed by atoms with Gasteiger partial charge in [-0.05, 0) is 51.5 Å². The Bertz CT molecular complexity index is 256. The molecule has 0 heterocycles. The molecule has 3 heteroatoms. The molecule has 1 rings (SSSR count). The second-order valence-corrected chi connectivity index (χ2v) is 5.70. The van der Waals surface area contributed by atoms with Gasteiger partial charge in [0.1, 0.15) is 5.54 Å². The molecule has 104 valence electrons. The highest BCUT2D eigenvalue weighted by Crippen LogP contribution is 2.24. The van der Waals surface area contributed by atoms with E-state index in [1.807, 2.05) is 6.92 Å². The van der Waals surface area contributed by atoms with E-state index in [9.17, 15) is 5.26 Å². The smallest absolute Gasteiger partial charge is 0.104 e. The zero-order valence-electron chi connectivity index (χ0n) is 12.0. The third kappa shape index (κ3) is 5.84. The first-order valence-electron chi connectivity index (χ1n) is 7.44. The van der Waals surface area contributed by atoms with Crippen molar-refractivity contribution in [2.45, 2.75) is 64.3 Å². The molecule has 1 unspecified atom stereocenters. The number of nitrogens with one attached hydrogen (secondary N) is 1. The van der Waals surface area contributed by atoms with E-state index in [1.165, 1.54) is 25.7 Å². The molecule has 0 saturated heterocycles. The lowest BCUT2D eigenvalue weighted by molar-refractivity contribution is 0.0952. The van der Waals surface area contributed by atoms with Gasteiger partial charge in [-0.3, -0.25) is 5.32 Å². The molecular formula is C15H28N2O. The SMILES string of the molecule is CCCNC(C)(C#N)CCCOCC1CCCC1. The molecule has 0 amide bonds. The van der Waals surface area contributed by atoms with Gasteiger partial charge >= 0.3 is 0 Å². The van der Waals surface area contributed by atoms with E-state index in [4.69, 9.17) is 4.74 Å². The normalized spacial score (nSPS) is 19.6. The number of nitrogens with zero attached hydrogens (tertiary/aromatic N) is 1. The topological polar surface area (TPSA) is 45.0 Å². The van der Waals surface area contributed by atoms with Crippen molar-refractivity contribution >= 4 is 0 Å². The quantitative estimate of drug-likeness (QED) is 0.641. The van der Waals surface area contributed by atoms with E-state index in [0.29, 0.717) is 0 Å². The summed E-state index contributed by atoms with van der Waals surface area (Å²) in [5.41, 5.74) is -0.382. The van der Waals surface area contributed by atoms with Crippen molar-refractivity contribution in [3.63, 3.8) is 0 Å². The van der Waals surface area contributed by atoms with Gasteiger partial charge < -0.3 is 4.74 Å². The molecule has 1 fully saturated rings. The Kier molecular flexibility index (Phi) is 7.31. The van der Waals surface area contributed by atoms with Crippen LogP contribution in [0.4, 0.5) is 0 Å². The molecule has 0 aliphatic heterocycles. The van der Waals surface area contributed by atoms with Gasteiger partial charge in [0.25, 0.3) is 0 Å². The van der Waals surface area contributed by atoms with Crippen molar-refractivity contribution in [3.05, 3.63) is 0 Å². The van der Waals surface area contributed by atoms with Gasteiger partial charge in [0.2, 0.25) is 0 Å². The molecule has 18 heavy (non-hydrogen) atoms. The fourth-order valence-corrected chi connectivity index (χ4v) is 2.54. The maximum absolute atomic E-state index is 9.19. The first-order chi connectivity index (χ1) is 8.70. The molecule has 0 bridgehead atoms. The largest absolute Gasteiger partial charge is 0.381 e. The molecular weight excluding hydrogens is 224 g/mol. The summed E-state index contributed by atoms with van der Waals surface area (Å²) in [6.07, 6.45) is 8.34. The summed E-state index contributed by atoms with van der Waals surface area (Å²) in [6.45, 7) is 6.73. The van der Waals surface area contributed by atoms with Gasteiger partial charge in [-0.1, -0.05) is 19.8 Å². The van der Waals surface area contributed by atoms with E-state index < -0.39 is 0 Å². The van der Waals surface area contributed by atoms with E-state index in [1.54, 1.807) is 0 Å². The van der Waals surface area contributed by atoms with Crippen LogP contribution in [0, 0.1) is 17.2 Å². The lowest BCUT2D eigenvalue weighted by atomic mass is 9.98. The molecule has 1 N–H and O–H groups in total. The standard InChI is InChI=1S/C15H28N2O/c1-3-10-17-15(2,13-16)9-6-11-18-12-14-7-4-5-8-14/h14,17H,3-12H2,1-2H3. The Morgan fingerprint density at radius 3 is 2.72 bits per heavy atom. The molecule has 1 aliphatic carbocycles. The fraction of sp³-hybridized carbons (Fsp3) is 0.933. The Balaban J connectivity index is 2.05. The van der Waals surface area contributed by atoms with Crippen LogP contribution in [0.15, 0.2) is 0 Å². The molecule has 0 radical (unpaired) electrons. The Hall–Kier alpha value is -0.590. The van der Waals surface area contributed by atoms with Crippen LogP contribution in [0.3, 0.4) is 0 Å². The van der Waals surface area contributed by atoms with Crippen LogP contribution in [-0.4, -0.2) is 25.3 Å². The zero-order valence-corrected chi connectivity index (χ0v) is 12.0. The van der Waals surface area contributed by atoms with Crippen LogP contribution in [0.2, 0.25) is 0 Å². The van der Waals surface area contributed by atoms with Crippen molar-refractivity contribution in [1.29, 1.82) is 5.26 Å².